The number of benzene rings is 1. The number of hydrogen-bond donors (Lipinski definition) is 1. The summed E-state index contributed by atoms with van der Waals surface area (Å²) < 4.78 is 0. The van der Waals surface area contributed by atoms with Gasteiger partial charge in [-0.2, -0.15) is 0 Å². The first-order valence-corrected chi connectivity index (χ1v) is 2.97. The van der Waals surface area contributed by atoms with E-state index in [2.05, 4.69) is 0 Å². The molecule has 10 heavy (non-hydrogen) atoms. The van der Waals surface area contributed by atoms with E-state index < -0.39 is 0 Å². The van der Waals surface area contributed by atoms with Gasteiger partial charge in [0.15, 0.2) is 0 Å². The van der Waals surface area contributed by atoms with Gasteiger partial charge < -0.3 is 5.11 Å². The minimum atomic E-state index is 0. The summed E-state index contributed by atoms with van der Waals surface area (Å²) in [5.41, 5.74) is 2.10. The molecular formula is C8H10OZn. The third-order valence-electron chi connectivity index (χ3n) is 1.58. The molecule has 0 saturated carbocycles. The van der Waals surface area contributed by atoms with Gasteiger partial charge in [0.2, 0.25) is 0 Å². The SMILES string of the molecule is Cc1cccc(O)c1C.[Zn]. The summed E-state index contributed by atoms with van der Waals surface area (Å²) in [6.07, 6.45) is 0. The molecule has 0 spiro atoms. The zero-order valence-electron chi connectivity index (χ0n) is 6.39. The van der Waals surface area contributed by atoms with Crippen LogP contribution in [-0.2, 0) is 19.5 Å². The van der Waals surface area contributed by atoms with Crippen molar-refractivity contribution < 1.29 is 24.6 Å². The monoisotopic (exact) mass is 186 g/mol. The molecule has 1 N–H and O–H groups in total. The van der Waals surface area contributed by atoms with E-state index in [0.29, 0.717) is 5.75 Å². The molecule has 0 aliphatic carbocycles. The van der Waals surface area contributed by atoms with Crippen LogP contribution in [0.3, 0.4) is 0 Å². The normalized spacial score (nSPS) is 8.60. The maximum atomic E-state index is 9.10. The van der Waals surface area contributed by atoms with E-state index in [1.165, 1.54) is 0 Å². The number of hydrogen-bond acceptors (Lipinski definition) is 1. The molecule has 0 unspecified atom stereocenters. The second-order valence-corrected chi connectivity index (χ2v) is 2.22. The van der Waals surface area contributed by atoms with Gasteiger partial charge in [0.25, 0.3) is 0 Å². The quantitative estimate of drug-likeness (QED) is 0.616. The third-order valence-corrected chi connectivity index (χ3v) is 1.58. The minimum absolute atomic E-state index is 0. The Morgan fingerprint density at radius 1 is 1.20 bits per heavy atom. The summed E-state index contributed by atoms with van der Waals surface area (Å²) in [7, 11) is 0. The Kier molecular flexibility index (Phi) is 3.59. The van der Waals surface area contributed by atoms with Gasteiger partial charge in [0.1, 0.15) is 5.75 Å². The standard InChI is InChI=1S/C8H10O.Zn/c1-6-4-3-5-8(9)7(6)2;/h3-5,9H,1-2H3;. The summed E-state index contributed by atoms with van der Waals surface area (Å²) in [4.78, 5) is 0. The van der Waals surface area contributed by atoms with Crippen LogP contribution >= 0.6 is 0 Å². The van der Waals surface area contributed by atoms with Crippen molar-refractivity contribution in [2.75, 3.05) is 0 Å². The molecule has 2 heteroatoms. The van der Waals surface area contributed by atoms with E-state index >= 15 is 0 Å². The molecule has 0 bridgehead atoms. The molecule has 0 fully saturated rings. The first-order chi connectivity index (χ1) is 4.22. The summed E-state index contributed by atoms with van der Waals surface area (Å²) in [5, 5.41) is 9.10. The number of aromatic hydroxyl groups is 1. The Morgan fingerprint density at radius 2 is 1.80 bits per heavy atom. The predicted molar refractivity (Wildman–Crippen MR) is 37.6 cm³/mol. The molecule has 1 nitrogen and oxygen atoms in total. The molecule has 0 amide bonds. The van der Waals surface area contributed by atoms with Crippen molar-refractivity contribution in [2.24, 2.45) is 0 Å². The van der Waals surface area contributed by atoms with Gasteiger partial charge in [-0.3, -0.25) is 0 Å². The molecule has 0 saturated heterocycles. The molecule has 0 aliphatic rings. The molecule has 0 aromatic heterocycles. The zero-order chi connectivity index (χ0) is 6.85. The van der Waals surface area contributed by atoms with E-state index in [1.807, 2.05) is 26.0 Å². The molecule has 0 heterocycles. The summed E-state index contributed by atoms with van der Waals surface area (Å²) in [6, 6.07) is 5.52. The molecule has 0 aliphatic heterocycles. The maximum absolute atomic E-state index is 9.10. The smallest absolute Gasteiger partial charge is 0.118 e. The zero-order valence-corrected chi connectivity index (χ0v) is 9.35. The number of rotatable bonds is 0. The van der Waals surface area contributed by atoms with E-state index in [-0.39, 0.29) is 19.5 Å². The fourth-order valence-electron chi connectivity index (χ4n) is 0.736. The van der Waals surface area contributed by atoms with Gasteiger partial charge in [-0.05, 0) is 31.0 Å². The van der Waals surface area contributed by atoms with Gasteiger partial charge in [-0.15, -0.1) is 0 Å². The van der Waals surface area contributed by atoms with Gasteiger partial charge in [0.05, 0.1) is 0 Å². The first kappa shape index (κ1) is 9.64. The number of phenolic OH excluding ortho intramolecular Hbond substituents is 1. The van der Waals surface area contributed by atoms with Crippen molar-refractivity contribution in [1.29, 1.82) is 0 Å². The minimum Gasteiger partial charge on any atom is -0.508 e. The topological polar surface area (TPSA) is 20.2 Å². The Balaban J connectivity index is 0.000000810. The maximum Gasteiger partial charge on any atom is 0.118 e. The van der Waals surface area contributed by atoms with Crippen LogP contribution in [-0.4, -0.2) is 5.11 Å². The van der Waals surface area contributed by atoms with Crippen LogP contribution in [0.25, 0.3) is 0 Å². The summed E-state index contributed by atoms with van der Waals surface area (Å²) >= 11 is 0. The number of aryl methyl sites for hydroxylation is 1. The van der Waals surface area contributed by atoms with Crippen molar-refractivity contribution in [1.82, 2.24) is 0 Å². The molecular weight excluding hydrogens is 177 g/mol. The Hall–Kier alpha value is -0.357. The van der Waals surface area contributed by atoms with E-state index in [9.17, 15) is 0 Å². The molecule has 1 aromatic carbocycles. The fraction of sp³-hybridized carbons (Fsp3) is 0.250. The van der Waals surface area contributed by atoms with Gasteiger partial charge in [0, 0.05) is 19.5 Å². The van der Waals surface area contributed by atoms with Crippen LogP contribution in [0.15, 0.2) is 18.2 Å². The van der Waals surface area contributed by atoms with Crippen LogP contribution in [0.1, 0.15) is 11.1 Å². The molecule has 0 radical (unpaired) electrons. The third kappa shape index (κ3) is 1.81. The average molecular weight is 188 g/mol. The molecule has 1 rings (SSSR count). The summed E-state index contributed by atoms with van der Waals surface area (Å²) in [5.74, 6) is 0.384. The Bertz CT molecular complexity index is 200. The second-order valence-electron chi connectivity index (χ2n) is 2.22. The fourth-order valence-corrected chi connectivity index (χ4v) is 0.736. The van der Waals surface area contributed by atoms with Crippen molar-refractivity contribution in [3.8, 4) is 5.75 Å². The predicted octanol–water partition coefficient (Wildman–Crippen LogP) is 2.01. The largest absolute Gasteiger partial charge is 0.508 e. The van der Waals surface area contributed by atoms with Crippen molar-refractivity contribution in [3.63, 3.8) is 0 Å². The Labute approximate surface area is 73.8 Å². The van der Waals surface area contributed by atoms with E-state index in [0.717, 1.165) is 11.1 Å². The van der Waals surface area contributed by atoms with Crippen LogP contribution in [0, 0.1) is 13.8 Å². The average Bonchev–Trinajstić information content (AvgIpc) is 1.83. The second kappa shape index (κ2) is 3.72. The van der Waals surface area contributed by atoms with Crippen LogP contribution in [0.5, 0.6) is 5.75 Å². The van der Waals surface area contributed by atoms with Gasteiger partial charge in [-0.1, -0.05) is 12.1 Å². The van der Waals surface area contributed by atoms with Gasteiger partial charge in [-0.25, -0.2) is 0 Å². The van der Waals surface area contributed by atoms with Crippen LogP contribution in [0.2, 0.25) is 0 Å². The van der Waals surface area contributed by atoms with Crippen molar-refractivity contribution >= 4 is 0 Å². The molecule has 50 valence electrons. The van der Waals surface area contributed by atoms with Crippen LogP contribution < -0.4 is 0 Å². The van der Waals surface area contributed by atoms with E-state index in [4.69, 9.17) is 5.11 Å². The number of phenols is 1. The molecule has 1 aromatic rings. The van der Waals surface area contributed by atoms with Crippen molar-refractivity contribution in [2.45, 2.75) is 13.8 Å². The Morgan fingerprint density at radius 3 is 2.20 bits per heavy atom. The summed E-state index contributed by atoms with van der Waals surface area (Å²) in [6.45, 7) is 3.89. The van der Waals surface area contributed by atoms with Gasteiger partial charge >= 0.3 is 0 Å². The van der Waals surface area contributed by atoms with E-state index in [1.54, 1.807) is 6.07 Å². The van der Waals surface area contributed by atoms with Crippen LogP contribution in [0.4, 0.5) is 0 Å². The first-order valence-electron chi connectivity index (χ1n) is 2.97. The molecule has 0 atom stereocenters. The van der Waals surface area contributed by atoms with Crippen molar-refractivity contribution in [3.05, 3.63) is 29.3 Å².